The van der Waals surface area contributed by atoms with E-state index in [1.165, 1.54) is 9.13 Å². The molecule has 1 aromatic rings. The van der Waals surface area contributed by atoms with E-state index < -0.39 is 5.69 Å². The molecule has 106 valence electrons. The second kappa shape index (κ2) is 5.19. The van der Waals surface area contributed by atoms with Gasteiger partial charge in [0.1, 0.15) is 0 Å². The van der Waals surface area contributed by atoms with Crippen LogP contribution in [0.15, 0.2) is 9.59 Å². The van der Waals surface area contributed by atoms with E-state index in [1.807, 2.05) is 0 Å². The lowest BCUT2D eigenvalue weighted by atomic mass is 9.87. The molecule has 2 rings (SSSR count). The van der Waals surface area contributed by atoms with Gasteiger partial charge in [0.15, 0.2) is 0 Å². The number of rotatable bonds is 2. The molecular weight excluding hydrogens is 244 g/mol. The second-order valence-corrected chi connectivity index (χ2v) is 5.71. The fourth-order valence-electron chi connectivity index (χ4n) is 2.76. The fraction of sp³-hybridized carbons (Fsp3) is 0.769. The number of nitrogens with zero attached hydrogens (tertiary/aromatic N) is 4. The number of aromatic nitrogens is 3. The standard InChI is InChI=1S/C13H22N4O2/c1-9-5-7-10(8-6-9)17-12(18)14-11(15(2)3)16(4)13(17)19/h9-10H,5-8H2,1-4H3. The molecule has 1 aliphatic rings. The van der Waals surface area contributed by atoms with Crippen LogP contribution in [0.2, 0.25) is 0 Å². The lowest BCUT2D eigenvalue weighted by Gasteiger charge is -2.27. The Labute approximate surface area is 112 Å². The van der Waals surface area contributed by atoms with Crippen LogP contribution in [-0.2, 0) is 7.05 Å². The third kappa shape index (κ3) is 2.57. The van der Waals surface area contributed by atoms with Gasteiger partial charge in [-0.15, -0.1) is 0 Å². The molecule has 0 N–H and O–H groups in total. The van der Waals surface area contributed by atoms with Gasteiger partial charge in [-0.3, -0.25) is 4.57 Å². The molecule has 1 heterocycles. The number of anilines is 1. The highest BCUT2D eigenvalue weighted by atomic mass is 16.2. The third-order valence-electron chi connectivity index (χ3n) is 3.95. The van der Waals surface area contributed by atoms with Gasteiger partial charge in [0.25, 0.3) is 0 Å². The van der Waals surface area contributed by atoms with Crippen LogP contribution in [0.5, 0.6) is 0 Å². The molecule has 0 aromatic carbocycles. The van der Waals surface area contributed by atoms with Gasteiger partial charge in [0, 0.05) is 27.2 Å². The summed E-state index contributed by atoms with van der Waals surface area (Å²) >= 11 is 0. The van der Waals surface area contributed by atoms with Crippen molar-refractivity contribution in [1.29, 1.82) is 0 Å². The Bertz CT molecular complexity index is 565. The van der Waals surface area contributed by atoms with Gasteiger partial charge in [0.2, 0.25) is 5.95 Å². The molecule has 0 atom stereocenters. The Kier molecular flexibility index (Phi) is 3.78. The summed E-state index contributed by atoms with van der Waals surface area (Å²) in [4.78, 5) is 30.2. The van der Waals surface area contributed by atoms with Gasteiger partial charge < -0.3 is 4.90 Å². The zero-order chi connectivity index (χ0) is 14.2. The molecule has 1 aromatic heterocycles. The van der Waals surface area contributed by atoms with Crippen molar-refractivity contribution < 1.29 is 0 Å². The molecule has 0 aliphatic heterocycles. The van der Waals surface area contributed by atoms with E-state index in [1.54, 1.807) is 26.0 Å². The minimum Gasteiger partial charge on any atom is -0.348 e. The van der Waals surface area contributed by atoms with Crippen molar-refractivity contribution >= 4 is 5.95 Å². The highest BCUT2D eigenvalue weighted by Crippen LogP contribution is 2.30. The minimum absolute atomic E-state index is 0.00566. The molecule has 0 saturated heterocycles. The first-order valence-electron chi connectivity index (χ1n) is 6.78. The molecule has 1 aliphatic carbocycles. The highest BCUT2D eigenvalue weighted by Gasteiger charge is 2.24. The average molecular weight is 266 g/mol. The van der Waals surface area contributed by atoms with Crippen LogP contribution in [-0.4, -0.2) is 28.2 Å². The maximum Gasteiger partial charge on any atom is 0.355 e. The first kappa shape index (κ1) is 13.8. The van der Waals surface area contributed by atoms with E-state index >= 15 is 0 Å². The first-order valence-corrected chi connectivity index (χ1v) is 6.78. The summed E-state index contributed by atoms with van der Waals surface area (Å²) in [7, 11) is 5.20. The van der Waals surface area contributed by atoms with Crippen molar-refractivity contribution in [3.63, 3.8) is 0 Å². The number of hydrogen-bond acceptors (Lipinski definition) is 4. The summed E-state index contributed by atoms with van der Waals surface area (Å²) in [6.07, 6.45) is 3.91. The van der Waals surface area contributed by atoms with E-state index in [0.717, 1.165) is 25.7 Å². The summed E-state index contributed by atoms with van der Waals surface area (Å²) in [5.74, 6) is 1.08. The van der Waals surface area contributed by atoms with Crippen molar-refractivity contribution in [1.82, 2.24) is 14.1 Å². The Hall–Kier alpha value is -1.59. The molecular formula is C13H22N4O2. The topological polar surface area (TPSA) is 60.1 Å². The first-order chi connectivity index (χ1) is 8.91. The van der Waals surface area contributed by atoms with Crippen LogP contribution < -0.4 is 16.3 Å². The van der Waals surface area contributed by atoms with E-state index in [-0.39, 0.29) is 11.7 Å². The third-order valence-corrected chi connectivity index (χ3v) is 3.95. The Balaban J connectivity index is 2.45. The Morgan fingerprint density at radius 2 is 1.74 bits per heavy atom. The fourth-order valence-corrected chi connectivity index (χ4v) is 2.76. The quantitative estimate of drug-likeness (QED) is 0.793. The van der Waals surface area contributed by atoms with Gasteiger partial charge in [-0.05, 0) is 31.6 Å². The predicted octanol–water partition coefficient (Wildman–Crippen LogP) is 0.759. The van der Waals surface area contributed by atoms with Crippen molar-refractivity contribution in [2.75, 3.05) is 19.0 Å². The van der Waals surface area contributed by atoms with Crippen molar-refractivity contribution in [2.45, 2.75) is 38.6 Å². The molecule has 0 unspecified atom stereocenters. The zero-order valence-corrected chi connectivity index (χ0v) is 12.1. The zero-order valence-electron chi connectivity index (χ0n) is 12.1. The molecule has 0 radical (unpaired) electrons. The van der Waals surface area contributed by atoms with Gasteiger partial charge in [-0.2, -0.15) is 4.98 Å². The van der Waals surface area contributed by atoms with Crippen LogP contribution in [0.1, 0.15) is 38.6 Å². The summed E-state index contributed by atoms with van der Waals surface area (Å²) < 4.78 is 2.78. The summed E-state index contributed by atoms with van der Waals surface area (Å²) in [5.41, 5.74) is -0.686. The van der Waals surface area contributed by atoms with Crippen molar-refractivity contribution in [3.8, 4) is 0 Å². The molecule has 6 heteroatoms. The van der Waals surface area contributed by atoms with Crippen LogP contribution in [0.3, 0.4) is 0 Å². The summed E-state index contributed by atoms with van der Waals surface area (Å²) in [6.45, 7) is 2.21. The van der Waals surface area contributed by atoms with E-state index in [2.05, 4.69) is 11.9 Å². The molecule has 19 heavy (non-hydrogen) atoms. The van der Waals surface area contributed by atoms with Gasteiger partial charge in [-0.25, -0.2) is 14.2 Å². The predicted molar refractivity (Wildman–Crippen MR) is 74.7 cm³/mol. The largest absolute Gasteiger partial charge is 0.355 e. The van der Waals surface area contributed by atoms with Gasteiger partial charge >= 0.3 is 11.4 Å². The molecule has 1 fully saturated rings. The van der Waals surface area contributed by atoms with Crippen LogP contribution >= 0.6 is 0 Å². The van der Waals surface area contributed by atoms with E-state index in [9.17, 15) is 9.59 Å². The van der Waals surface area contributed by atoms with Crippen molar-refractivity contribution in [3.05, 3.63) is 21.0 Å². The molecule has 1 saturated carbocycles. The SMILES string of the molecule is CC1CCC(n2c(=O)nc(N(C)C)n(C)c2=O)CC1. The van der Waals surface area contributed by atoms with Crippen LogP contribution in [0.4, 0.5) is 5.95 Å². The normalized spacial score (nSPS) is 23.4. The lowest BCUT2D eigenvalue weighted by Crippen LogP contribution is -2.45. The maximum absolute atomic E-state index is 12.4. The van der Waals surface area contributed by atoms with Crippen LogP contribution in [0.25, 0.3) is 0 Å². The Morgan fingerprint density at radius 1 is 1.16 bits per heavy atom. The van der Waals surface area contributed by atoms with Crippen LogP contribution in [0, 0.1) is 5.92 Å². The molecule has 0 amide bonds. The lowest BCUT2D eigenvalue weighted by molar-refractivity contribution is 0.273. The summed E-state index contributed by atoms with van der Waals surface area (Å²) in [6, 6.07) is 0.00566. The Morgan fingerprint density at radius 3 is 2.26 bits per heavy atom. The molecule has 0 spiro atoms. The molecule has 6 nitrogen and oxygen atoms in total. The van der Waals surface area contributed by atoms with Crippen molar-refractivity contribution in [2.24, 2.45) is 13.0 Å². The summed E-state index contributed by atoms with van der Waals surface area (Å²) in [5, 5.41) is 0. The second-order valence-electron chi connectivity index (χ2n) is 5.71. The van der Waals surface area contributed by atoms with E-state index in [4.69, 9.17) is 0 Å². The maximum atomic E-state index is 12.4. The van der Waals surface area contributed by atoms with Gasteiger partial charge in [-0.1, -0.05) is 6.92 Å². The smallest absolute Gasteiger partial charge is 0.348 e. The minimum atomic E-state index is -0.425. The number of hydrogen-bond donors (Lipinski definition) is 0. The monoisotopic (exact) mass is 266 g/mol. The van der Waals surface area contributed by atoms with E-state index in [0.29, 0.717) is 11.9 Å². The molecule has 0 bridgehead atoms. The van der Waals surface area contributed by atoms with Gasteiger partial charge in [0.05, 0.1) is 0 Å². The average Bonchev–Trinajstić information content (AvgIpc) is 2.36. The highest BCUT2D eigenvalue weighted by molar-refractivity contribution is 5.25.